The van der Waals surface area contributed by atoms with E-state index in [4.69, 9.17) is 0 Å². The molecule has 0 radical (unpaired) electrons. The van der Waals surface area contributed by atoms with Crippen LogP contribution in [-0.2, 0) is 0 Å². The van der Waals surface area contributed by atoms with E-state index in [-0.39, 0.29) is 11.7 Å². The molecule has 0 unspecified atom stereocenters. The molecular weight excluding hydrogens is 262 g/mol. The molecule has 3 nitrogen and oxygen atoms in total. The largest absolute Gasteiger partial charge is 0.508 e. The third-order valence-electron chi connectivity index (χ3n) is 3.51. The Kier molecular flexibility index (Phi) is 4.32. The Morgan fingerprint density at radius 2 is 1.67 bits per heavy atom. The van der Waals surface area contributed by atoms with Crippen molar-refractivity contribution in [1.29, 1.82) is 0 Å². The van der Waals surface area contributed by atoms with E-state index in [1.807, 2.05) is 52.0 Å². The standard InChI is InChI=1S/C18H21NO2/c1-5-19(17-11-16(20)7-6-14(17)4)18(21)15-9-12(2)8-13(3)10-15/h6-11,20H,5H2,1-4H3. The van der Waals surface area contributed by atoms with Gasteiger partial charge >= 0.3 is 0 Å². The Bertz CT molecular complexity index is 657. The smallest absolute Gasteiger partial charge is 0.258 e. The first-order valence-corrected chi connectivity index (χ1v) is 7.12. The van der Waals surface area contributed by atoms with Crippen molar-refractivity contribution in [3.05, 3.63) is 58.7 Å². The Morgan fingerprint density at radius 1 is 1.05 bits per heavy atom. The van der Waals surface area contributed by atoms with Crippen LogP contribution in [0.25, 0.3) is 0 Å². The zero-order valence-electron chi connectivity index (χ0n) is 13.0. The van der Waals surface area contributed by atoms with Gasteiger partial charge in [0.2, 0.25) is 0 Å². The van der Waals surface area contributed by atoms with Gasteiger partial charge in [0.25, 0.3) is 5.91 Å². The predicted molar refractivity (Wildman–Crippen MR) is 86.1 cm³/mol. The van der Waals surface area contributed by atoms with Crippen molar-refractivity contribution in [1.82, 2.24) is 0 Å². The number of nitrogens with zero attached hydrogens (tertiary/aromatic N) is 1. The normalized spacial score (nSPS) is 10.5. The highest BCUT2D eigenvalue weighted by Gasteiger charge is 2.18. The van der Waals surface area contributed by atoms with Gasteiger partial charge in [-0.25, -0.2) is 0 Å². The second-order valence-corrected chi connectivity index (χ2v) is 5.40. The summed E-state index contributed by atoms with van der Waals surface area (Å²) >= 11 is 0. The lowest BCUT2D eigenvalue weighted by atomic mass is 10.1. The molecule has 2 aromatic rings. The minimum absolute atomic E-state index is 0.0435. The van der Waals surface area contributed by atoms with Crippen LogP contribution in [-0.4, -0.2) is 17.6 Å². The average Bonchev–Trinajstić information content (AvgIpc) is 2.42. The summed E-state index contributed by atoms with van der Waals surface area (Å²) in [6, 6.07) is 10.9. The lowest BCUT2D eigenvalue weighted by molar-refractivity contribution is 0.0988. The second-order valence-electron chi connectivity index (χ2n) is 5.40. The van der Waals surface area contributed by atoms with Gasteiger partial charge in [-0.1, -0.05) is 23.3 Å². The van der Waals surface area contributed by atoms with Crippen molar-refractivity contribution in [2.75, 3.05) is 11.4 Å². The van der Waals surface area contributed by atoms with Gasteiger partial charge in [-0.05, 0) is 51.5 Å². The Labute approximate surface area is 125 Å². The lowest BCUT2D eigenvalue weighted by Gasteiger charge is -2.23. The molecule has 0 aliphatic rings. The molecule has 1 N–H and O–H groups in total. The van der Waals surface area contributed by atoms with Gasteiger partial charge in [-0.2, -0.15) is 0 Å². The maximum atomic E-state index is 12.8. The molecule has 0 fully saturated rings. The molecule has 0 saturated carbocycles. The minimum Gasteiger partial charge on any atom is -0.508 e. The summed E-state index contributed by atoms with van der Waals surface area (Å²) in [6.45, 7) is 8.39. The number of aromatic hydroxyl groups is 1. The van der Waals surface area contributed by atoms with Crippen molar-refractivity contribution in [3.63, 3.8) is 0 Å². The van der Waals surface area contributed by atoms with Crippen LogP contribution in [0.3, 0.4) is 0 Å². The minimum atomic E-state index is -0.0435. The third-order valence-corrected chi connectivity index (χ3v) is 3.51. The number of amides is 1. The van der Waals surface area contributed by atoms with Gasteiger partial charge < -0.3 is 10.0 Å². The van der Waals surface area contributed by atoms with Crippen LogP contribution in [0, 0.1) is 20.8 Å². The van der Waals surface area contributed by atoms with E-state index >= 15 is 0 Å². The maximum Gasteiger partial charge on any atom is 0.258 e. The number of phenols is 1. The summed E-state index contributed by atoms with van der Waals surface area (Å²) in [5.41, 5.74) is 4.54. The number of anilines is 1. The van der Waals surface area contributed by atoms with Crippen LogP contribution in [0.15, 0.2) is 36.4 Å². The molecule has 3 heteroatoms. The summed E-state index contributed by atoms with van der Waals surface area (Å²) in [6.07, 6.45) is 0. The molecule has 0 aliphatic carbocycles. The Morgan fingerprint density at radius 3 is 2.24 bits per heavy atom. The Balaban J connectivity index is 2.45. The predicted octanol–water partition coefficient (Wildman–Crippen LogP) is 3.98. The number of carbonyl (C=O) groups excluding carboxylic acids is 1. The second kappa shape index (κ2) is 6.00. The van der Waals surface area contributed by atoms with Crippen molar-refractivity contribution < 1.29 is 9.90 Å². The molecule has 2 rings (SSSR count). The highest BCUT2D eigenvalue weighted by atomic mass is 16.3. The Hall–Kier alpha value is -2.29. The molecule has 0 spiro atoms. The van der Waals surface area contributed by atoms with E-state index in [0.29, 0.717) is 12.1 Å². The molecule has 0 heterocycles. The number of rotatable bonds is 3. The van der Waals surface area contributed by atoms with Gasteiger partial charge in [0.05, 0.1) is 5.69 Å². The van der Waals surface area contributed by atoms with E-state index in [1.165, 1.54) is 0 Å². The fourth-order valence-corrected chi connectivity index (χ4v) is 2.57. The van der Waals surface area contributed by atoms with Crippen molar-refractivity contribution in [2.24, 2.45) is 0 Å². The van der Waals surface area contributed by atoms with Crippen LogP contribution < -0.4 is 4.90 Å². The van der Waals surface area contributed by atoms with Gasteiger partial charge in [-0.15, -0.1) is 0 Å². The topological polar surface area (TPSA) is 40.5 Å². The van der Waals surface area contributed by atoms with E-state index in [0.717, 1.165) is 22.4 Å². The average molecular weight is 283 g/mol. The van der Waals surface area contributed by atoms with Gasteiger partial charge in [0.1, 0.15) is 5.75 Å². The highest BCUT2D eigenvalue weighted by molar-refractivity contribution is 6.06. The molecule has 21 heavy (non-hydrogen) atoms. The first kappa shape index (κ1) is 15.1. The van der Waals surface area contributed by atoms with Gasteiger partial charge in [0, 0.05) is 18.2 Å². The summed E-state index contributed by atoms with van der Waals surface area (Å²) in [7, 11) is 0. The van der Waals surface area contributed by atoms with Crippen molar-refractivity contribution >= 4 is 11.6 Å². The summed E-state index contributed by atoms with van der Waals surface area (Å²) < 4.78 is 0. The molecular formula is C18H21NO2. The number of benzene rings is 2. The number of phenolic OH excluding ortho intramolecular Hbond substituents is 1. The third kappa shape index (κ3) is 3.24. The zero-order valence-corrected chi connectivity index (χ0v) is 13.0. The van der Waals surface area contributed by atoms with E-state index in [1.54, 1.807) is 17.0 Å². The molecule has 1 amide bonds. The molecule has 0 atom stereocenters. The first-order valence-electron chi connectivity index (χ1n) is 7.12. The highest BCUT2D eigenvalue weighted by Crippen LogP contribution is 2.26. The fraction of sp³-hybridized carbons (Fsp3) is 0.278. The lowest BCUT2D eigenvalue weighted by Crippen LogP contribution is -2.31. The summed E-state index contributed by atoms with van der Waals surface area (Å²) in [5.74, 6) is 0.125. The summed E-state index contributed by atoms with van der Waals surface area (Å²) in [4.78, 5) is 14.5. The van der Waals surface area contributed by atoms with Gasteiger partial charge in [-0.3, -0.25) is 4.79 Å². The fourth-order valence-electron chi connectivity index (χ4n) is 2.57. The molecule has 2 aromatic carbocycles. The van der Waals surface area contributed by atoms with Gasteiger partial charge in [0.15, 0.2) is 0 Å². The number of aryl methyl sites for hydroxylation is 3. The summed E-state index contributed by atoms with van der Waals surface area (Å²) in [5, 5.41) is 9.68. The molecule has 110 valence electrons. The van der Waals surface area contributed by atoms with E-state index in [9.17, 15) is 9.90 Å². The van der Waals surface area contributed by atoms with Crippen LogP contribution in [0.2, 0.25) is 0 Å². The molecule has 0 bridgehead atoms. The number of hydrogen-bond donors (Lipinski definition) is 1. The van der Waals surface area contributed by atoms with E-state index in [2.05, 4.69) is 0 Å². The SMILES string of the molecule is CCN(C(=O)c1cc(C)cc(C)c1)c1cc(O)ccc1C. The number of carbonyl (C=O) groups is 1. The maximum absolute atomic E-state index is 12.8. The van der Waals surface area contributed by atoms with Crippen molar-refractivity contribution in [2.45, 2.75) is 27.7 Å². The molecule has 0 aromatic heterocycles. The van der Waals surface area contributed by atoms with Crippen LogP contribution in [0.5, 0.6) is 5.75 Å². The van der Waals surface area contributed by atoms with Crippen molar-refractivity contribution in [3.8, 4) is 5.75 Å². The first-order chi connectivity index (χ1) is 9.92. The van der Waals surface area contributed by atoms with Crippen LogP contribution in [0.1, 0.15) is 34.0 Å². The van der Waals surface area contributed by atoms with Crippen LogP contribution >= 0.6 is 0 Å². The monoisotopic (exact) mass is 283 g/mol. The van der Waals surface area contributed by atoms with E-state index < -0.39 is 0 Å². The quantitative estimate of drug-likeness (QED) is 0.925. The zero-order chi connectivity index (χ0) is 15.6. The number of hydrogen-bond acceptors (Lipinski definition) is 2. The molecule has 0 aliphatic heterocycles. The molecule has 0 saturated heterocycles. The van der Waals surface area contributed by atoms with Crippen LogP contribution in [0.4, 0.5) is 5.69 Å².